The Morgan fingerprint density at radius 3 is 0.0250 bits per heavy atom. The summed E-state index contributed by atoms with van der Waals surface area (Å²) in [5.41, 5.74) is 0. The van der Waals surface area contributed by atoms with Crippen molar-refractivity contribution in [2.24, 2.45) is 0 Å². The second kappa shape index (κ2) is 490. The summed E-state index contributed by atoms with van der Waals surface area (Å²) in [5, 5.41) is 0. The van der Waals surface area contributed by atoms with Crippen molar-refractivity contribution in [3.8, 4) is 0 Å². The molecule has 0 N–H and O–H groups in total. The average molecular weight is 2360 g/mol. The van der Waals surface area contributed by atoms with Crippen molar-refractivity contribution in [3.63, 3.8) is 0 Å². The van der Waals surface area contributed by atoms with Crippen LogP contribution in [-0.4, -0.2) is 0 Å². The minimum absolute atomic E-state index is 0. The van der Waals surface area contributed by atoms with Gasteiger partial charge < -0.3 is 0 Å². The smallest absolute Gasteiger partial charge is 0 e. The van der Waals surface area contributed by atoms with E-state index < -0.39 is 0 Å². The van der Waals surface area contributed by atoms with E-state index in [1.165, 1.54) is 0 Å². The van der Waals surface area contributed by atoms with Gasteiger partial charge in [0.05, 0.1) is 0 Å². The van der Waals surface area contributed by atoms with E-state index in [2.05, 4.69) is 0 Å². The van der Waals surface area contributed by atoms with Gasteiger partial charge in [0.25, 0.3) is 0 Å². The van der Waals surface area contributed by atoms with Gasteiger partial charge in [-0.15, -0.1) is 0 Å². The number of rotatable bonds is 0. The molecule has 0 rings (SSSR count). The summed E-state index contributed by atoms with van der Waals surface area (Å²) in [7, 11) is 0. The molecule has 0 aromatic heterocycles. The zero-order valence-electron chi connectivity index (χ0n) is 13.3. The standard InChI is InChI=1S/40Co. The van der Waals surface area contributed by atoms with Crippen LogP contribution in [0.2, 0.25) is 0 Å². The second-order valence-corrected chi connectivity index (χ2v) is 0. The van der Waals surface area contributed by atoms with E-state index in [1.54, 1.807) is 0 Å². The molecule has 0 aromatic rings. The van der Waals surface area contributed by atoms with Crippen LogP contribution in [0, 0.1) is 0 Å². The van der Waals surface area contributed by atoms with E-state index >= 15 is 0 Å². The Labute approximate surface area is 654 Å². The molecule has 0 unspecified atom stereocenters. The molecule has 40 heavy (non-hydrogen) atoms. The third kappa shape index (κ3) is 465. The van der Waals surface area contributed by atoms with Crippen LogP contribution in [0.1, 0.15) is 0 Å². The first-order valence-electron chi connectivity index (χ1n) is 0. The minimum atomic E-state index is 0. The Morgan fingerprint density at radius 1 is 0.0250 bits per heavy atom. The minimum Gasteiger partial charge on any atom is 0 e. The third-order valence-corrected chi connectivity index (χ3v) is 0. The Hall–Kier alpha value is 20.3. The Kier molecular flexibility index (Phi) is 6320. The van der Waals surface area contributed by atoms with Crippen LogP contribution in [0.15, 0.2) is 0 Å². The molecule has 0 nitrogen and oxygen atoms in total. The van der Waals surface area contributed by atoms with Crippen LogP contribution >= 0.6 is 0 Å². The summed E-state index contributed by atoms with van der Waals surface area (Å²) < 4.78 is 0. The van der Waals surface area contributed by atoms with Crippen molar-refractivity contribution in [2.45, 2.75) is 0 Å². The molecule has 40 radical (unpaired) electrons. The maximum Gasteiger partial charge on any atom is 0 e. The zero-order chi connectivity index (χ0) is 0. The molecule has 0 saturated carbocycles. The monoisotopic (exact) mass is 2360 g/mol. The van der Waals surface area contributed by atoms with E-state index in [1.807, 2.05) is 0 Å². The van der Waals surface area contributed by atoms with Crippen LogP contribution in [0.25, 0.3) is 0 Å². The van der Waals surface area contributed by atoms with Gasteiger partial charge in [-0.3, -0.25) is 0 Å². The molecule has 0 aromatic carbocycles. The first kappa shape index (κ1) is 516. The topological polar surface area (TPSA) is 0 Å². The van der Waals surface area contributed by atoms with Crippen LogP contribution in [0.5, 0.6) is 0 Å². The van der Waals surface area contributed by atoms with Crippen molar-refractivity contribution in [2.75, 3.05) is 0 Å². The summed E-state index contributed by atoms with van der Waals surface area (Å²) in [5.74, 6) is 0. The summed E-state index contributed by atoms with van der Waals surface area (Å²) in [4.78, 5) is 0. The van der Waals surface area contributed by atoms with Gasteiger partial charge in [0, 0.05) is 671 Å². The van der Waals surface area contributed by atoms with Gasteiger partial charge in [-0.25, -0.2) is 0 Å². The summed E-state index contributed by atoms with van der Waals surface area (Å²) >= 11 is 0. The van der Waals surface area contributed by atoms with E-state index in [4.69, 9.17) is 0 Å². The predicted octanol–water partition coefficient (Wildman–Crippen LogP) is -0.100. The maximum atomic E-state index is 0. The maximum absolute atomic E-state index is 0. The fourth-order valence-corrected chi connectivity index (χ4v) is 0. The molecule has 0 atom stereocenters. The quantitative estimate of drug-likeness (QED) is 0.319. The van der Waals surface area contributed by atoms with Crippen LogP contribution in [0.4, 0.5) is 0 Å². The fourth-order valence-electron chi connectivity index (χ4n) is 0. The molecule has 0 bridgehead atoms. The van der Waals surface area contributed by atoms with Gasteiger partial charge in [-0.2, -0.15) is 0 Å². The molecule has 0 heterocycles. The van der Waals surface area contributed by atoms with Crippen molar-refractivity contribution < 1.29 is 671 Å². The van der Waals surface area contributed by atoms with Gasteiger partial charge in [0.1, 0.15) is 0 Å². The van der Waals surface area contributed by atoms with Crippen molar-refractivity contribution >= 4 is 0 Å². The predicted molar refractivity (Wildman–Crippen MR) is 0 cm³/mol. The van der Waals surface area contributed by atoms with Crippen molar-refractivity contribution in [1.29, 1.82) is 0 Å². The zero-order valence-corrected chi connectivity index (χ0v) is 55.0. The molecular formula is Co40. The molecule has 0 aliphatic carbocycles. The fraction of sp³-hybridized carbons (Fsp3) is 0. The van der Waals surface area contributed by atoms with Gasteiger partial charge in [-0.05, 0) is 0 Å². The molecule has 0 aliphatic rings. The van der Waals surface area contributed by atoms with Gasteiger partial charge in [0.15, 0.2) is 0 Å². The van der Waals surface area contributed by atoms with Gasteiger partial charge in [0.2, 0.25) is 0 Å². The molecule has 0 saturated heterocycles. The van der Waals surface area contributed by atoms with E-state index in [0.29, 0.717) is 0 Å². The number of hydrogen-bond acceptors (Lipinski definition) is 0. The molecule has 0 spiro atoms. The van der Waals surface area contributed by atoms with Crippen LogP contribution < -0.4 is 0 Å². The molecule has 0 fully saturated rings. The Balaban J connectivity index is 0. The molecule has 0 aliphatic heterocycles. The third-order valence-electron chi connectivity index (χ3n) is 0. The molecule has 0 amide bonds. The SMILES string of the molecule is [Co].[Co].[Co].[Co].[Co].[Co].[Co].[Co].[Co].[Co].[Co].[Co].[Co].[Co].[Co].[Co].[Co].[Co].[Co].[Co].[Co].[Co].[Co].[Co].[Co].[Co].[Co].[Co].[Co].[Co].[Co].[Co].[Co].[Co].[Co].[Co].[Co].[Co].[Co].[Co]. The molecule has 360 valence electrons. The van der Waals surface area contributed by atoms with Crippen LogP contribution in [0.3, 0.4) is 0 Å². The van der Waals surface area contributed by atoms with Crippen LogP contribution in [-0.2, 0) is 671 Å². The molecule has 40 heteroatoms. The van der Waals surface area contributed by atoms with E-state index in [0.717, 1.165) is 0 Å². The average Bonchev–Trinajstić information content (AvgIpc) is 0. The largest absolute Gasteiger partial charge is 0 e. The van der Waals surface area contributed by atoms with E-state index in [-0.39, 0.29) is 671 Å². The van der Waals surface area contributed by atoms with Crippen molar-refractivity contribution in [1.82, 2.24) is 0 Å². The first-order chi connectivity index (χ1) is 0. The molecular weight excluding hydrogens is 2360 g/mol. The Bertz CT molecular complexity index is 0. The Morgan fingerprint density at radius 2 is 0.0250 bits per heavy atom. The van der Waals surface area contributed by atoms with Crippen molar-refractivity contribution in [3.05, 3.63) is 0 Å². The summed E-state index contributed by atoms with van der Waals surface area (Å²) in [6.07, 6.45) is 0. The number of hydrogen-bond donors (Lipinski definition) is 0. The first-order valence-corrected chi connectivity index (χ1v) is 0. The summed E-state index contributed by atoms with van der Waals surface area (Å²) in [6, 6.07) is 0. The second-order valence-electron chi connectivity index (χ2n) is 0. The van der Waals surface area contributed by atoms with E-state index in [9.17, 15) is 0 Å². The normalized spacial score (nSPS) is 0. The van der Waals surface area contributed by atoms with Gasteiger partial charge in [-0.1, -0.05) is 0 Å². The van der Waals surface area contributed by atoms with Gasteiger partial charge >= 0.3 is 0 Å². The summed E-state index contributed by atoms with van der Waals surface area (Å²) in [6.45, 7) is 0.